The Morgan fingerprint density at radius 1 is 1.53 bits per heavy atom. The molecule has 0 fully saturated rings. The van der Waals surface area contributed by atoms with Gasteiger partial charge >= 0.3 is 0 Å². The van der Waals surface area contributed by atoms with Gasteiger partial charge in [0.05, 0.1) is 11.1 Å². The second-order valence-corrected chi connectivity index (χ2v) is 4.17. The Balaban J connectivity index is 2.68. The zero-order chi connectivity index (χ0) is 11.4. The molecule has 2 nitrogen and oxygen atoms in total. The Labute approximate surface area is 94.3 Å². The van der Waals surface area contributed by atoms with E-state index >= 15 is 0 Å². The van der Waals surface area contributed by atoms with Crippen LogP contribution in [0, 0.1) is 5.82 Å². The Morgan fingerprint density at radius 3 is 2.80 bits per heavy atom. The maximum absolute atomic E-state index is 13.5. The van der Waals surface area contributed by atoms with E-state index in [9.17, 15) is 4.39 Å². The molecule has 0 radical (unpaired) electrons. The molecule has 0 aromatic heterocycles. The lowest BCUT2D eigenvalue weighted by Crippen LogP contribution is -2.27. The van der Waals surface area contributed by atoms with E-state index in [4.69, 9.17) is 16.7 Å². The van der Waals surface area contributed by atoms with Crippen molar-refractivity contribution in [3.05, 3.63) is 34.6 Å². The van der Waals surface area contributed by atoms with Crippen LogP contribution in [0.1, 0.15) is 12.5 Å². The third-order valence-corrected chi connectivity index (χ3v) is 2.34. The molecule has 0 saturated heterocycles. The summed E-state index contributed by atoms with van der Waals surface area (Å²) in [4.78, 5) is 1.85. The molecule has 4 heteroatoms. The summed E-state index contributed by atoms with van der Waals surface area (Å²) in [7, 11) is 1.83. The zero-order valence-corrected chi connectivity index (χ0v) is 9.63. The molecule has 0 unspecified atom stereocenters. The van der Waals surface area contributed by atoms with E-state index in [1.54, 1.807) is 19.1 Å². The normalized spacial score (nSPS) is 13.2. The molecule has 0 aliphatic carbocycles. The van der Waals surface area contributed by atoms with Gasteiger partial charge in [0.2, 0.25) is 0 Å². The minimum Gasteiger partial charge on any atom is -0.392 e. The van der Waals surface area contributed by atoms with Gasteiger partial charge in [0.25, 0.3) is 0 Å². The Morgan fingerprint density at radius 2 is 2.20 bits per heavy atom. The molecule has 0 aliphatic heterocycles. The monoisotopic (exact) mass is 231 g/mol. The highest BCUT2D eigenvalue weighted by Gasteiger charge is 2.09. The topological polar surface area (TPSA) is 23.5 Å². The fourth-order valence-electron chi connectivity index (χ4n) is 1.48. The first-order chi connectivity index (χ1) is 7.00. The average Bonchev–Trinajstić information content (AvgIpc) is 2.11. The third-order valence-electron chi connectivity index (χ3n) is 2.05. The van der Waals surface area contributed by atoms with Crippen LogP contribution < -0.4 is 0 Å². The van der Waals surface area contributed by atoms with Gasteiger partial charge in [0.15, 0.2) is 0 Å². The largest absolute Gasteiger partial charge is 0.392 e. The second-order valence-electron chi connectivity index (χ2n) is 3.76. The van der Waals surface area contributed by atoms with Crippen molar-refractivity contribution in [1.82, 2.24) is 4.90 Å². The van der Waals surface area contributed by atoms with Crippen LogP contribution >= 0.6 is 11.6 Å². The zero-order valence-electron chi connectivity index (χ0n) is 8.87. The quantitative estimate of drug-likeness (QED) is 0.860. The summed E-state index contributed by atoms with van der Waals surface area (Å²) in [5.74, 6) is -0.378. The van der Waals surface area contributed by atoms with Gasteiger partial charge in [-0.25, -0.2) is 4.39 Å². The van der Waals surface area contributed by atoms with Crippen molar-refractivity contribution in [3.8, 4) is 0 Å². The summed E-state index contributed by atoms with van der Waals surface area (Å²) in [5, 5.41) is 9.30. The number of hydrogen-bond donors (Lipinski definition) is 1. The van der Waals surface area contributed by atoms with Gasteiger partial charge < -0.3 is 5.11 Å². The highest BCUT2D eigenvalue weighted by molar-refractivity contribution is 6.30. The molecule has 0 spiro atoms. The molecule has 1 N–H and O–H groups in total. The highest BCUT2D eigenvalue weighted by atomic mass is 35.5. The molecule has 1 aromatic carbocycles. The molecule has 0 aliphatic rings. The summed E-state index contributed by atoms with van der Waals surface area (Å²) >= 11 is 5.66. The third kappa shape index (κ3) is 3.78. The van der Waals surface area contributed by atoms with Crippen LogP contribution in [0.25, 0.3) is 0 Å². The number of nitrogens with zero attached hydrogens (tertiary/aromatic N) is 1. The molecule has 0 saturated carbocycles. The van der Waals surface area contributed by atoms with Crippen LogP contribution in [0.5, 0.6) is 0 Å². The summed E-state index contributed by atoms with van der Waals surface area (Å²) in [6, 6.07) is 4.94. The van der Waals surface area contributed by atoms with Crippen LogP contribution in [0.2, 0.25) is 5.02 Å². The summed E-state index contributed by atoms with van der Waals surface area (Å²) in [6.45, 7) is 2.65. The standard InChI is InChI=1S/C11H15ClFNO/c1-8(15)6-14(2)7-9-4-3-5-10(12)11(9)13/h3-5,8,15H,6-7H2,1-2H3/t8-/m0/s1. The highest BCUT2D eigenvalue weighted by Crippen LogP contribution is 2.18. The molecule has 15 heavy (non-hydrogen) atoms. The number of benzene rings is 1. The first kappa shape index (κ1) is 12.4. The van der Waals surface area contributed by atoms with E-state index < -0.39 is 6.10 Å². The fraction of sp³-hybridized carbons (Fsp3) is 0.455. The molecular formula is C11H15ClFNO. The lowest BCUT2D eigenvalue weighted by molar-refractivity contribution is 0.138. The first-order valence-corrected chi connectivity index (χ1v) is 5.18. The molecule has 1 atom stereocenters. The van der Waals surface area contributed by atoms with E-state index in [1.165, 1.54) is 6.07 Å². The first-order valence-electron chi connectivity index (χ1n) is 4.80. The number of rotatable bonds is 4. The van der Waals surface area contributed by atoms with Crippen LogP contribution in [0.3, 0.4) is 0 Å². The minimum atomic E-state index is -0.419. The Kier molecular flexibility index (Phi) is 4.51. The average molecular weight is 232 g/mol. The van der Waals surface area contributed by atoms with Crippen molar-refractivity contribution in [3.63, 3.8) is 0 Å². The van der Waals surface area contributed by atoms with E-state index in [0.717, 1.165) is 0 Å². The smallest absolute Gasteiger partial charge is 0.146 e. The summed E-state index contributed by atoms with van der Waals surface area (Å²) in [6.07, 6.45) is -0.419. The number of aliphatic hydroxyl groups excluding tert-OH is 1. The van der Waals surface area contributed by atoms with Gasteiger partial charge in [-0.2, -0.15) is 0 Å². The van der Waals surface area contributed by atoms with E-state index in [0.29, 0.717) is 18.7 Å². The minimum absolute atomic E-state index is 0.137. The van der Waals surface area contributed by atoms with Gasteiger partial charge in [0, 0.05) is 18.7 Å². The lowest BCUT2D eigenvalue weighted by Gasteiger charge is -2.18. The number of halogens is 2. The number of likely N-dealkylation sites (N-methyl/N-ethyl adjacent to an activating group) is 1. The van der Waals surface area contributed by atoms with Gasteiger partial charge in [-0.15, -0.1) is 0 Å². The maximum Gasteiger partial charge on any atom is 0.146 e. The summed E-state index contributed by atoms with van der Waals surface area (Å²) < 4.78 is 13.5. The summed E-state index contributed by atoms with van der Waals surface area (Å²) in [5.41, 5.74) is 0.547. The van der Waals surface area contributed by atoms with Gasteiger partial charge in [-0.3, -0.25) is 4.90 Å². The van der Waals surface area contributed by atoms with Crippen LogP contribution in [0.15, 0.2) is 18.2 Å². The molecule has 1 rings (SSSR count). The predicted octanol–water partition coefficient (Wildman–Crippen LogP) is 2.29. The lowest BCUT2D eigenvalue weighted by atomic mass is 10.2. The van der Waals surface area contributed by atoms with Crippen LogP contribution in [-0.4, -0.2) is 29.7 Å². The van der Waals surface area contributed by atoms with Crippen LogP contribution in [0.4, 0.5) is 4.39 Å². The van der Waals surface area contributed by atoms with Gasteiger partial charge in [-0.05, 0) is 20.0 Å². The molecule has 1 aromatic rings. The Bertz CT molecular complexity index is 330. The molecule has 0 heterocycles. The molecule has 0 amide bonds. The SMILES string of the molecule is C[C@H](O)CN(C)Cc1cccc(Cl)c1F. The van der Waals surface area contributed by atoms with Gasteiger partial charge in [0.1, 0.15) is 5.82 Å². The van der Waals surface area contributed by atoms with Crippen molar-refractivity contribution in [2.24, 2.45) is 0 Å². The van der Waals surface area contributed by atoms with Crippen molar-refractivity contribution in [2.75, 3.05) is 13.6 Å². The molecular weight excluding hydrogens is 217 g/mol. The molecule has 84 valence electrons. The Hall–Kier alpha value is -0.640. The van der Waals surface area contributed by atoms with Crippen molar-refractivity contribution < 1.29 is 9.50 Å². The van der Waals surface area contributed by atoms with Crippen molar-refractivity contribution in [2.45, 2.75) is 19.6 Å². The predicted molar refractivity (Wildman–Crippen MR) is 59.4 cm³/mol. The maximum atomic E-state index is 13.5. The number of aliphatic hydroxyl groups is 1. The van der Waals surface area contributed by atoms with Gasteiger partial charge in [-0.1, -0.05) is 23.7 Å². The van der Waals surface area contributed by atoms with E-state index in [1.807, 2.05) is 11.9 Å². The molecule has 0 bridgehead atoms. The fourth-order valence-corrected chi connectivity index (χ4v) is 1.67. The second kappa shape index (κ2) is 5.45. The van der Waals surface area contributed by atoms with Crippen molar-refractivity contribution >= 4 is 11.6 Å². The number of hydrogen-bond acceptors (Lipinski definition) is 2. The van der Waals surface area contributed by atoms with E-state index in [-0.39, 0.29) is 10.8 Å². The van der Waals surface area contributed by atoms with E-state index in [2.05, 4.69) is 0 Å². The van der Waals surface area contributed by atoms with Crippen molar-refractivity contribution in [1.29, 1.82) is 0 Å². The van der Waals surface area contributed by atoms with Crippen LogP contribution in [-0.2, 0) is 6.54 Å².